The van der Waals surface area contributed by atoms with Crippen LogP contribution >= 0.6 is 39.1 Å². The Hall–Kier alpha value is -0.500. The van der Waals surface area contributed by atoms with Gasteiger partial charge in [0.2, 0.25) is 0 Å². The predicted molar refractivity (Wildman–Crippen MR) is 97.0 cm³/mol. The summed E-state index contributed by atoms with van der Waals surface area (Å²) in [4.78, 5) is 0.288. The zero-order valence-corrected chi connectivity index (χ0v) is 15.4. The highest BCUT2D eigenvalue weighted by Gasteiger charge is 2.13. The van der Waals surface area contributed by atoms with E-state index >= 15 is 0 Å². The first kappa shape index (κ1) is 16.9. The van der Waals surface area contributed by atoms with E-state index in [1.54, 1.807) is 0 Å². The van der Waals surface area contributed by atoms with Crippen LogP contribution in [0.2, 0.25) is 10.0 Å². The molecule has 3 heteroatoms. The van der Waals surface area contributed by atoms with E-state index in [4.69, 9.17) is 23.2 Å². The van der Waals surface area contributed by atoms with Gasteiger partial charge in [-0.15, -0.1) is 0 Å². The molecular weight excluding hydrogens is 367 g/mol. The second-order valence-electron chi connectivity index (χ2n) is 5.16. The fourth-order valence-electron chi connectivity index (χ4n) is 2.46. The maximum absolute atomic E-state index is 6.10. The quantitative estimate of drug-likeness (QED) is 0.496. The fourth-order valence-corrected chi connectivity index (χ4v) is 3.58. The molecule has 0 amide bonds. The molecule has 0 saturated heterocycles. The lowest BCUT2D eigenvalue weighted by atomic mass is 9.95. The molecule has 0 aliphatic carbocycles. The van der Waals surface area contributed by atoms with Gasteiger partial charge >= 0.3 is 0 Å². The average molecular weight is 386 g/mol. The Morgan fingerprint density at radius 2 is 1.62 bits per heavy atom. The normalized spacial score (nSPS) is 12.4. The van der Waals surface area contributed by atoms with Crippen LogP contribution in [0.25, 0.3) is 0 Å². The summed E-state index contributed by atoms with van der Waals surface area (Å²) in [6.45, 7) is 4.39. The maximum Gasteiger partial charge on any atom is 0.0595 e. The van der Waals surface area contributed by atoms with E-state index in [0.717, 1.165) is 19.3 Å². The van der Waals surface area contributed by atoms with Crippen molar-refractivity contribution in [2.75, 3.05) is 0 Å². The third-order valence-electron chi connectivity index (χ3n) is 3.74. The zero-order valence-electron chi connectivity index (χ0n) is 12.3. The van der Waals surface area contributed by atoms with Gasteiger partial charge in [0.25, 0.3) is 0 Å². The van der Waals surface area contributed by atoms with Crippen molar-refractivity contribution in [3.8, 4) is 0 Å². The largest absolute Gasteiger partial charge is 0.0835 e. The van der Waals surface area contributed by atoms with Crippen molar-refractivity contribution in [1.29, 1.82) is 0 Å². The van der Waals surface area contributed by atoms with Crippen molar-refractivity contribution >= 4 is 39.1 Å². The third kappa shape index (κ3) is 4.25. The molecule has 0 spiro atoms. The second-order valence-corrected chi connectivity index (χ2v) is 7.08. The van der Waals surface area contributed by atoms with Crippen molar-refractivity contribution < 1.29 is 0 Å². The minimum absolute atomic E-state index is 0.288. The first-order valence-electron chi connectivity index (χ1n) is 7.24. The molecule has 1 atom stereocenters. The van der Waals surface area contributed by atoms with E-state index < -0.39 is 0 Å². The average Bonchev–Trinajstić information content (AvgIpc) is 2.50. The van der Waals surface area contributed by atoms with Crippen LogP contribution in [0.4, 0.5) is 0 Å². The summed E-state index contributed by atoms with van der Waals surface area (Å²) in [5, 5.41) is 1.22. The van der Waals surface area contributed by atoms with E-state index in [9.17, 15) is 0 Å². The molecule has 0 aliphatic heterocycles. The number of aryl methyl sites for hydroxylation is 2. The van der Waals surface area contributed by atoms with Gasteiger partial charge in [-0.1, -0.05) is 77.2 Å². The standard InChI is InChI=1S/C18H19BrCl2/c1-3-12-5-7-14(4-2)15(9-12)16(19)10-13-6-8-17(20)18(21)11-13/h5-9,11,16H,3-4,10H2,1-2H3. The molecule has 0 saturated carbocycles. The van der Waals surface area contributed by atoms with Gasteiger partial charge in [0.15, 0.2) is 0 Å². The maximum atomic E-state index is 6.10. The summed E-state index contributed by atoms with van der Waals surface area (Å²) in [6, 6.07) is 12.6. The minimum atomic E-state index is 0.288. The highest BCUT2D eigenvalue weighted by atomic mass is 79.9. The molecule has 0 aromatic heterocycles. The molecule has 2 aromatic rings. The van der Waals surface area contributed by atoms with Gasteiger partial charge in [-0.25, -0.2) is 0 Å². The van der Waals surface area contributed by atoms with Crippen molar-refractivity contribution in [2.24, 2.45) is 0 Å². The topological polar surface area (TPSA) is 0 Å². The zero-order chi connectivity index (χ0) is 15.4. The fraction of sp³-hybridized carbons (Fsp3) is 0.333. The summed E-state index contributed by atoms with van der Waals surface area (Å²) in [5.41, 5.74) is 5.34. The molecule has 2 aromatic carbocycles. The van der Waals surface area contributed by atoms with Crippen molar-refractivity contribution in [2.45, 2.75) is 37.9 Å². The van der Waals surface area contributed by atoms with Gasteiger partial charge in [0, 0.05) is 4.83 Å². The lowest BCUT2D eigenvalue weighted by molar-refractivity contribution is 0.914. The Labute approximate surface area is 145 Å². The number of hydrogen-bond donors (Lipinski definition) is 0. The molecular formula is C18H19BrCl2. The van der Waals surface area contributed by atoms with Gasteiger partial charge in [-0.05, 0) is 53.6 Å². The van der Waals surface area contributed by atoms with Crippen molar-refractivity contribution in [1.82, 2.24) is 0 Å². The molecule has 21 heavy (non-hydrogen) atoms. The van der Waals surface area contributed by atoms with Gasteiger partial charge in [-0.3, -0.25) is 0 Å². The van der Waals surface area contributed by atoms with Crippen LogP contribution in [0, 0.1) is 0 Å². The summed E-state index contributed by atoms with van der Waals surface area (Å²) < 4.78 is 0. The minimum Gasteiger partial charge on any atom is -0.0835 e. The highest BCUT2D eigenvalue weighted by Crippen LogP contribution is 2.32. The van der Waals surface area contributed by atoms with Crippen molar-refractivity contribution in [3.63, 3.8) is 0 Å². The number of hydrogen-bond acceptors (Lipinski definition) is 0. The van der Waals surface area contributed by atoms with E-state index in [1.165, 1.54) is 22.3 Å². The summed E-state index contributed by atoms with van der Waals surface area (Å²) >= 11 is 15.9. The summed E-state index contributed by atoms with van der Waals surface area (Å²) in [5.74, 6) is 0. The van der Waals surface area contributed by atoms with Crippen LogP contribution in [0.5, 0.6) is 0 Å². The number of alkyl halides is 1. The van der Waals surface area contributed by atoms with Gasteiger partial charge in [-0.2, -0.15) is 0 Å². The summed E-state index contributed by atoms with van der Waals surface area (Å²) in [7, 11) is 0. The predicted octanol–water partition coefficient (Wildman–Crippen LogP) is 6.80. The molecule has 0 heterocycles. The monoisotopic (exact) mass is 384 g/mol. The second kappa shape index (κ2) is 7.67. The Morgan fingerprint density at radius 3 is 2.24 bits per heavy atom. The molecule has 0 nitrogen and oxygen atoms in total. The lowest BCUT2D eigenvalue weighted by Gasteiger charge is -2.16. The van der Waals surface area contributed by atoms with Crippen LogP contribution in [0.1, 0.15) is 40.9 Å². The lowest BCUT2D eigenvalue weighted by Crippen LogP contribution is -2.01. The molecule has 0 bridgehead atoms. The number of benzene rings is 2. The molecule has 0 fully saturated rings. The van der Waals surface area contributed by atoms with Gasteiger partial charge in [0.05, 0.1) is 10.0 Å². The van der Waals surface area contributed by atoms with Crippen LogP contribution in [0.15, 0.2) is 36.4 Å². The van der Waals surface area contributed by atoms with Crippen LogP contribution < -0.4 is 0 Å². The molecule has 0 aliphatic rings. The SMILES string of the molecule is CCc1ccc(CC)c(C(Br)Cc2ccc(Cl)c(Cl)c2)c1. The number of halogens is 3. The van der Waals surface area contributed by atoms with Crippen LogP contribution in [-0.4, -0.2) is 0 Å². The third-order valence-corrected chi connectivity index (χ3v) is 5.29. The Bertz CT molecular complexity index is 623. The van der Waals surface area contributed by atoms with Gasteiger partial charge < -0.3 is 0 Å². The Balaban J connectivity index is 2.26. The number of rotatable bonds is 5. The van der Waals surface area contributed by atoms with Crippen LogP contribution in [-0.2, 0) is 19.3 Å². The highest BCUT2D eigenvalue weighted by molar-refractivity contribution is 9.09. The van der Waals surface area contributed by atoms with Gasteiger partial charge in [0.1, 0.15) is 0 Å². The van der Waals surface area contributed by atoms with E-state index in [-0.39, 0.29) is 4.83 Å². The molecule has 1 unspecified atom stereocenters. The first-order valence-corrected chi connectivity index (χ1v) is 8.92. The van der Waals surface area contributed by atoms with E-state index in [1.807, 2.05) is 18.2 Å². The van der Waals surface area contributed by atoms with Crippen molar-refractivity contribution in [3.05, 3.63) is 68.7 Å². The first-order chi connectivity index (χ1) is 10.0. The summed E-state index contributed by atoms with van der Waals surface area (Å²) in [6.07, 6.45) is 3.00. The molecule has 0 N–H and O–H groups in total. The van der Waals surface area contributed by atoms with E-state index in [2.05, 4.69) is 48.0 Å². The Kier molecular flexibility index (Phi) is 6.16. The molecule has 112 valence electrons. The molecule has 0 radical (unpaired) electrons. The van der Waals surface area contributed by atoms with Crippen LogP contribution in [0.3, 0.4) is 0 Å². The smallest absolute Gasteiger partial charge is 0.0595 e. The Morgan fingerprint density at radius 1 is 0.905 bits per heavy atom. The molecule has 2 rings (SSSR count). The van der Waals surface area contributed by atoms with E-state index in [0.29, 0.717) is 10.0 Å².